The van der Waals surface area contributed by atoms with Gasteiger partial charge in [0.2, 0.25) is 15.2 Å². The molecule has 162 valence electrons. The minimum atomic E-state index is -3.58. The van der Waals surface area contributed by atoms with Crippen molar-refractivity contribution in [3.05, 3.63) is 65.7 Å². The van der Waals surface area contributed by atoms with Gasteiger partial charge in [0.1, 0.15) is 0 Å². The molecule has 0 bridgehead atoms. The van der Waals surface area contributed by atoms with Crippen molar-refractivity contribution in [2.75, 3.05) is 32.1 Å². The van der Waals surface area contributed by atoms with Gasteiger partial charge in [0.25, 0.3) is 0 Å². The van der Waals surface area contributed by atoms with E-state index in [1.807, 2.05) is 30.3 Å². The highest BCUT2D eigenvalue weighted by Gasteiger charge is 2.26. The van der Waals surface area contributed by atoms with Crippen LogP contribution in [-0.4, -0.2) is 70.8 Å². The Bertz CT molecular complexity index is 1130. The van der Waals surface area contributed by atoms with Gasteiger partial charge in [0, 0.05) is 18.7 Å². The van der Waals surface area contributed by atoms with Crippen LogP contribution in [-0.2, 0) is 21.3 Å². The molecular formula is C20H21N5O4S2. The zero-order valence-corrected chi connectivity index (χ0v) is 18.3. The standard InChI is InChI=1S/C20H21N5O4S2/c26-19(15-30-20-21-22-23-25(20)14-16-4-2-1-3-5-16)17-6-8-18(9-7-17)31(27,28)24-10-12-29-13-11-24/h1-9H,10-15H2. The number of nitrogens with zero attached hydrogens (tertiary/aromatic N) is 5. The van der Waals surface area contributed by atoms with E-state index >= 15 is 0 Å². The van der Waals surface area contributed by atoms with Gasteiger partial charge in [-0.2, -0.15) is 4.31 Å². The third-order valence-electron chi connectivity index (χ3n) is 4.79. The molecule has 0 aliphatic carbocycles. The summed E-state index contributed by atoms with van der Waals surface area (Å²) in [5, 5.41) is 12.2. The molecule has 0 amide bonds. The first-order valence-corrected chi connectivity index (χ1v) is 12.1. The lowest BCUT2D eigenvalue weighted by molar-refractivity contribution is 0.0730. The molecule has 9 nitrogen and oxygen atoms in total. The predicted octanol–water partition coefficient (Wildman–Crippen LogP) is 1.72. The maximum absolute atomic E-state index is 12.7. The molecule has 0 unspecified atom stereocenters. The first-order chi connectivity index (χ1) is 15.0. The molecule has 1 aliphatic heterocycles. The van der Waals surface area contributed by atoms with Gasteiger partial charge in [-0.25, -0.2) is 13.1 Å². The van der Waals surface area contributed by atoms with Crippen LogP contribution in [0.3, 0.4) is 0 Å². The van der Waals surface area contributed by atoms with Crippen molar-refractivity contribution in [2.24, 2.45) is 0 Å². The van der Waals surface area contributed by atoms with E-state index in [0.29, 0.717) is 43.6 Å². The van der Waals surface area contributed by atoms with Gasteiger partial charge in [-0.15, -0.1) is 5.10 Å². The first-order valence-electron chi connectivity index (χ1n) is 9.68. The molecule has 1 aliphatic rings. The van der Waals surface area contributed by atoms with Crippen molar-refractivity contribution < 1.29 is 17.9 Å². The lowest BCUT2D eigenvalue weighted by Gasteiger charge is -2.26. The van der Waals surface area contributed by atoms with E-state index in [4.69, 9.17) is 4.74 Å². The molecule has 2 heterocycles. The molecule has 0 atom stereocenters. The summed E-state index contributed by atoms with van der Waals surface area (Å²) in [6.07, 6.45) is 0. The molecule has 0 N–H and O–H groups in total. The highest BCUT2D eigenvalue weighted by molar-refractivity contribution is 7.99. The van der Waals surface area contributed by atoms with Crippen LogP contribution in [0.15, 0.2) is 64.6 Å². The van der Waals surface area contributed by atoms with Crippen molar-refractivity contribution in [3.8, 4) is 0 Å². The van der Waals surface area contributed by atoms with E-state index < -0.39 is 10.0 Å². The van der Waals surface area contributed by atoms with E-state index in [0.717, 1.165) is 5.56 Å². The van der Waals surface area contributed by atoms with Crippen LogP contribution in [0.25, 0.3) is 0 Å². The number of tetrazole rings is 1. The van der Waals surface area contributed by atoms with Crippen LogP contribution in [0.5, 0.6) is 0 Å². The molecule has 0 radical (unpaired) electrons. The van der Waals surface area contributed by atoms with Crippen molar-refractivity contribution in [1.82, 2.24) is 24.5 Å². The Morgan fingerprint density at radius 1 is 1.03 bits per heavy atom. The van der Waals surface area contributed by atoms with Crippen LogP contribution < -0.4 is 0 Å². The molecular weight excluding hydrogens is 438 g/mol. The number of hydrogen-bond acceptors (Lipinski definition) is 8. The summed E-state index contributed by atoms with van der Waals surface area (Å²) in [5.41, 5.74) is 1.50. The van der Waals surface area contributed by atoms with Crippen LogP contribution in [0, 0.1) is 0 Å². The third-order valence-corrected chi connectivity index (χ3v) is 7.66. The van der Waals surface area contributed by atoms with Gasteiger partial charge in [0.15, 0.2) is 5.78 Å². The molecule has 2 aromatic carbocycles. The second kappa shape index (κ2) is 9.69. The minimum absolute atomic E-state index is 0.130. The summed E-state index contributed by atoms with van der Waals surface area (Å²) in [6.45, 7) is 1.95. The Morgan fingerprint density at radius 2 is 1.74 bits per heavy atom. The SMILES string of the molecule is O=C(CSc1nnnn1Cc1ccccc1)c1ccc(S(=O)(=O)N2CCOCC2)cc1. The van der Waals surface area contributed by atoms with Gasteiger partial charge in [-0.05, 0) is 28.1 Å². The molecule has 11 heteroatoms. The molecule has 0 spiro atoms. The largest absolute Gasteiger partial charge is 0.379 e. The fraction of sp³-hybridized carbons (Fsp3) is 0.300. The second-order valence-electron chi connectivity index (χ2n) is 6.86. The highest BCUT2D eigenvalue weighted by atomic mass is 32.2. The average molecular weight is 460 g/mol. The summed E-state index contributed by atoms with van der Waals surface area (Å²) in [6, 6.07) is 15.8. The van der Waals surface area contributed by atoms with Crippen molar-refractivity contribution >= 4 is 27.6 Å². The monoisotopic (exact) mass is 459 g/mol. The van der Waals surface area contributed by atoms with Crippen LogP contribution >= 0.6 is 11.8 Å². The van der Waals surface area contributed by atoms with Gasteiger partial charge >= 0.3 is 0 Å². The number of morpholine rings is 1. The number of rotatable bonds is 8. The van der Waals surface area contributed by atoms with Crippen molar-refractivity contribution in [1.29, 1.82) is 0 Å². The zero-order valence-electron chi connectivity index (χ0n) is 16.6. The summed E-state index contributed by atoms with van der Waals surface area (Å²) in [7, 11) is -3.58. The molecule has 1 saturated heterocycles. The van der Waals surface area contributed by atoms with E-state index in [2.05, 4.69) is 15.5 Å². The van der Waals surface area contributed by atoms with Crippen molar-refractivity contribution in [2.45, 2.75) is 16.6 Å². The van der Waals surface area contributed by atoms with Crippen LogP contribution in [0.1, 0.15) is 15.9 Å². The lowest BCUT2D eigenvalue weighted by atomic mass is 10.1. The fourth-order valence-corrected chi connectivity index (χ4v) is 5.30. The zero-order chi connectivity index (χ0) is 21.7. The quantitative estimate of drug-likeness (QED) is 0.370. The number of Topliss-reactive ketones (excluding diaryl/α,β-unsaturated/α-hetero) is 1. The molecule has 1 aromatic heterocycles. The van der Waals surface area contributed by atoms with E-state index in [1.165, 1.54) is 28.2 Å². The number of hydrogen-bond donors (Lipinski definition) is 0. The molecule has 3 aromatic rings. The van der Waals surface area contributed by atoms with Gasteiger partial charge in [0.05, 0.1) is 30.4 Å². The van der Waals surface area contributed by atoms with E-state index in [1.54, 1.807) is 16.8 Å². The number of ketones is 1. The third kappa shape index (κ3) is 5.18. The Kier molecular flexibility index (Phi) is 6.76. The van der Waals surface area contributed by atoms with Gasteiger partial charge < -0.3 is 4.74 Å². The van der Waals surface area contributed by atoms with Gasteiger partial charge in [-0.1, -0.05) is 54.2 Å². The normalized spacial score (nSPS) is 15.1. The van der Waals surface area contributed by atoms with Crippen molar-refractivity contribution in [3.63, 3.8) is 0 Å². The summed E-state index contributed by atoms with van der Waals surface area (Å²) < 4.78 is 33.6. The number of carbonyl (C=O) groups excluding carboxylic acids is 1. The van der Waals surface area contributed by atoms with Gasteiger partial charge in [-0.3, -0.25) is 4.79 Å². The fourth-order valence-electron chi connectivity index (χ4n) is 3.12. The van der Waals surface area contributed by atoms with Crippen LogP contribution in [0.4, 0.5) is 0 Å². The topological polar surface area (TPSA) is 107 Å². The molecule has 0 saturated carbocycles. The lowest BCUT2D eigenvalue weighted by Crippen LogP contribution is -2.40. The van der Waals surface area contributed by atoms with Crippen LogP contribution in [0.2, 0.25) is 0 Å². The maximum atomic E-state index is 12.7. The summed E-state index contributed by atoms with van der Waals surface area (Å²) in [4.78, 5) is 12.8. The number of ether oxygens (including phenoxy) is 1. The molecule has 1 fully saturated rings. The smallest absolute Gasteiger partial charge is 0.243 e. The number of thioether (sulfide) groups is 1. The Morgan fingerprint density at radius 3 is 2.45 bits per heavy atom. The number of aromatic nitrogens is 4. The predicted molar refractivity (Wildman–Crippen MR) is 114 cm³/mol. The molecule has 31 heavy (non-hydrogen) atoms. The number of sulfonamides is 1. The number of benzene rings is 2. The first kappa shape index (κ1) is 21.6. The number of carbonyl (C=O) groups is 1. The Hall–Kier alpha value is -2.60. The molecule has 4 rings (SSSR count). The Labute approximate surface area is 184 Å². The second-order valence-corrected chi connectivity index (χ2v) is 9.74. The summed E-state index contributed by atoms with van der Waals surface area (Å²) in [5.74, 6) is 0.0136. The van der Waals surface area contributed by atoms with E-state index in [9.17, 15) is 13.2 Å². The Balaban J connectivity index is 1.38. The maximum Gasteiger partial charge on any atom is 0.243 e. The average Bonchev–Trinajstić information content (AvgIpc) is 3.25. The van der Waals surface area contributed by atoms with E-state index in [-0.39, 0.29) is 16.4 Å². The minimum Gasteiger partial charge on any atom is -0.379 e. The summed E-state index contributed by atoms with van der Waals surface area (Å²) >= 11 is 1.25. The highest BCUT2D eigenvalue weighted by Crippen LogP contribution is 2.20.